The number of unbranched alkanes of at least 4 members (excludes halogenated alkanes) is 1. The summed E-state index contributed by atoms with van der Waals surface area (Å²) >= 11 is 1.14. The fourth-order valence-electron chi connectivity index (χ4n) is 1.66. The Kier molecular flexibility index (Phi) is 8.62. The Labute approximate surface area is 136 Å². The van der Waals surface area contributed by atoms with Crippen molar-refractivity contribution < 1.29 is 17.9 Å². The number of sulfonamides is 1. The molecule has 0 saturated carbocycles. The number of hydrogen-bond donors (Lipinski definition) is 1. The quantitative estimate of drug-likeness (QED) is 0.618. The van der Waals surface area contributed by atoms with Crippen molar-refractivity contribution in [3.05, 3.63) is 17.5 Å². The summed E-state index contributed by atoms with van der Waals surface area (Å²) in [5.74, 6) is -0.309. The van der Waals surface area contributed by atoms with Gasteiger partial charge in [0.05, 0.1) is 6.54 Å². The molecule has 1 amide bonds. The summed E-state index contributed by atoms with van der Waals surface area (Å²) in [4.78, 5) is 11.8. The second kappa shape index (κ2) is 9.94. The van der Waals surface area contributed by atoms with Crippen LogP contribution in [0.4, 0.5) is 0 Å². The topological polar surface area (TPSA) is 75.7 Å². The maximum Gasteiger partial charge on any atom is 0.252 e. The van der Waals surface area contributed by atoms with Gasteiger partial charge in [-0.2, -0.15) is 4.31 Å². The Hall–Kier alpha value is -0.960. The molecule has 22 heavy (non-hydrogen) atoms. The molecule has 1 aromatic heterocycles. The number of likely N-dealkylation sites (N-methyl/N-ethyl adjacent to an activating group) is 1. The SMILES string of the molecule is CCCCOCCCNC(=O)CN(C)S(=O)(=O)c1cccs1. The molecule has 6 nitrogen and oxygen atoms in total. The van der Waals surface area contributed by atoms with Gasteiger partial charge >= 0.3 is 0 Å². The highest BCUT2D eigenvalue weighted by atomic mass is 32.2. The largest absolute Gasteiger partial charge is 0.381 e. The van der Waals surface area contributed by atoms with Gasteiger partial charge in [-0.25, -0.2) is 8.42 Å². The highest BCUT2D eigenvalue weighted by molar-refractivity contribution is 7.91. The molecule has 0 saturated heterocycles. The summed E-state index contributed by atoms with van der Waals surface area (Å²) in [5, 5.41) is 4.39. The molecule has 1 heterocycles. The van der Waals surface area contributed by atoms with Crippen LogP contribution in [0, 0.1) is 0 Å². The number of nitrogens with one attached hydrogen (secondary N) is 1. The van der Waals surface area contributed by atoms with Crippen LogP contribution in [0.15, 0.2) is 21.7 Å². The zero-order chi connectivity index (χ0) is 16.4. The minimum Gasteiger partial charge on any atom is -0.381 e. The van der Waals surface area contributed by atoms with E-state index in [0.29, 0.717) is 13.2 Å². The third kappa shape index (κ3) is 6.43. The Morgan fingerprint density at radius 3 is 2.73 bits per heavy atom. The molecular weight excluding hydrogens is 324 g/mol. The van der Waals surface area contributed by atoms with E-state index in [4.69, 9.17) is 4.74 Å². The number of rotatable bonds is 11. The second-order valence-electron chi connectivity index (χ2n) is 4.86. The summed E-state index contributed by atoms with van der Waals surface area (Å²) in [5.41, 5.74) is 0. The monoisotopic (exact) mass is 348 g/mol. The van der Waals surface area contributed by atoms with Crippen molar-refractivity contribution in [3.8, 4) is 0 Å². The smallest absolute Gasteiger partial charge is 0.252 e. The molecule has 0 fully saturated rings. The van der Waals surface area contributed by atoms with Gasteiger partial charge in [-0.15, -0.1) is 11.3 Å². The van der Waals surface area contributed by atoms with E-state index in [1.807, 2.05) is 0 Å². The van der Waals surface area contributed by atoms with Crippen molar-refractivity contribution in [2.45, 2.75) is 30.4 Å². The van der Waals surface area contributed by atoms with E-state index in [9.17, 15) is 13.2 Å². The minimum atomic E-state index is -3.57. The van der Waals surface area contributed by atoms with Crippen molar-refractivity contribution >= 4 is 27.3 Å². The van der Waals surface area contributed by atoms with Crippen LogP contribution >= 0.6 is 11.3 Å². The lowest BCUT2D eigenvalue weighted by Crippen LogP contribution is -2.38. The molecular formula is C14H24N2O4S2. The first kappa shape index (κ1) is 19.1. The molecule has 1 N–H and O–H groups in total. The van der Waals surface area contributed by atoms with Crippen LogP contribution in [0.2, 0.25) is 0 Å². The minimum absolute atomic E-state index is 0.184. The second-order valence-corrected chi connectivity index (χ2v) is 8.08. The molecule has 1 rings (SSSR count). The van der Waals surface area contributed by atoms with Gasteiger partial charge in [0.15, 0.2) is 0 Å². The number of ether oxygens (including phenoxy) is 1. The fourth-order valence-corrected chi connectivity index (χ4v) is 3.99. The molecule has 0 bridgehead atoms. The molecule has 8 heteroatoms. The highest BCUT2D eigenvalue weighted by Gasteiger charge is 2.23. The van der Waals surface area contributed by atoms with Crippen LogP contribution in [0.3, 0.4) is 0 Å². The lowest BCUT2D eigenvalue weighted by molar-refractivity contribution is -0.121. The lowest BCUT2D eigenvalue weighted by Gasteiger charge is -2.15. The summed E-state index contributed by atoms with van der Waals surface area (Å²) in [7, 11) is -2.16. The Balaban J connectivity index is 2.24. The number of carbonyl (C=O) groups is 1. The molecule has 0 aromatic carbocycles. The van der Waals surface area contributed by atoms with Crippen LogP contribution in [-0.2, 0) is 19.6 Å². The van der Waals surface area contributed by atoms with E-state index < -0.39 is 10.0 Å². The van der Waals surface area contributed by atoms with Crippen LogP contribution in [0.5, 0.6) is 0 Å². The maximum atomic E-state index is 12.1. The Bertz CT molecular complexity index is 529. The van der Waals surface area contributed by atoms with Crippen molar-refractivity contribution in [2.24, 2.45) is 0 Å². The van der Waals surface area contributed by atoms with Gasteiger partial charge in [0.2, 0.25) is 5.91 Å². The molecule has 0 aliphatic carbocycles. The molecule has 126 valence electrons. The lowest BCUT2D eigenvalue weighted by atomic mass is 10.3. The molecule has 0 aliphatic heterocycles. The molecule has 0 aliphatic rings. The van der Waals surface area contributed by atoms with E-state index >= 15 is 0 Å². The van der Waals surface area contributed by atoms with Crippen molar-refractivity contribution in [1.82, 2.24) is 9.62 Å². The predicted molar refractivity (Wildman–Crippen MR) is 87.5 cm³/mol. The van der Waals surface area contributed by atoms with Crippen LogP contribution in [0.1, 0.15) is 26.2 Å². The van der Waals surface area contributed by atoms with Crippen molar-refractivity contribution in [3.63, 3.8) is 0 Å². The molecule has 0 spiro atoms. The average Bonchev–Trinajstić information content (AvgIpc) is 3.01. The maximum absolute atomic E-state index is 12.1. The van der Waals surface area contributed by atoms with Gasteiger partial charge in [-0.3, -0.25) is 4.79 Å². The number of amides is 1. The first-order valence-corrected chi connectivity index (χ1v) is 9.64. The first-order chi connectivity index (χ1) is 10.5. The van der Waals surface area contributed by atoms with Crippen molar-refractivity contribution in [2.75, 3.05) is 33.4 Å². The predicted octanol–water partition coefficient (Wildman–Crippen LogP) is 1.69. The van der Waals surface area contributed by atoms with E-state index in [2.05, 4.69) is 12.2 Å². The van der Waals surface area contributed by atoms with Gasteiger partial charge in [-0.1, -0.05) is 19.4 Å². The van der Waals surface area contributed by atoms with E-state index in [-0.39, 0.29) is 16.7 Å². The zero-order valence-electron chi connectivity index (χ0n) is 13.1. The number of carbonyl (C=O) groups excluding carboxylic acids is 1. The van der Waals surface area contributed by atoms with E-state index in [0.717, 1.165) is 41.5 Å². The average molecular weight is 348 g/mol. The van der Waals surface area contributed by atoms with Gasteiger partial charge < -0.3 is 10.1 Å². The Morgan fingerprint density at radius 1 is 1.36 bits per heavy atom. The zero-order valence-corrected chi connectivity index (χ0v) is 14.7. The van der Waals surface area contributed by atoms with Crippen LogP contribution in [0.25, 0.3) is 0 Å². The first-order valence-electron chi connectivity index (χ1n) is 7.32. The van der Waals surface area contributed by atoms with Gasteiger partial charge in [-0.05, 0) is 24.3 Å². The molecule has 0 radical (unpaired) electrons. The summed E-state index contributed by atoms with van der Waals surface area (Å²) in [6.07, 6.45) is 2.86. The normalized spacial score (nSPS) is 11.8. The standard InChI is InChI=1S/C14H24N2O4S2/c1-3-4-9-20-10-6-8-15-13(17)12-16(2)22(18,19)14-7-5-11-21-14/h5,7,11H,3-4,6,8-10,12H2,1-2H3,(H,15,17). The van der Waals surface area contributed by atoms with Gasteiger partial charge in [0, 0.05) is 26.8 Å². The summed E-state index contributed by atoms with van der Waals surface area (Å²) in [6.45, 7) is 3.74. The molecule has 0 atom stereocenters. The van der Waals surface area contributed by atoms with E-state index in [1.165, 1.54) is 13.1 Å². The summed E-state index contributed by atoms with van der Waals surface area (Å²) in [6, 6.07) is 3.20. The van der Waals surface area contributed by atoms with Crippen molar-refractivity contribution in [1.29, 1.82) is 0 Å². The van der Waals surface area contributed by atoms with Crippen LogP contribution in [-0.4, -0.2) is 52.0 Å². The molecule has 0 unspecified atom stereocenters. The summed E-state index contributed by atoms with van der Waals surface area (Å²) < 4.78 is 31.0. The number of thiophene rings is 1. The third-order valence-corrected chi connectivity index (χ3v) is 6.13. The van der Waals surface area contributed by atoms with Gasteiger partial charge in [0.1, 0.15) is 4.21 Å². The van der Waals surface area contributed by atoms with Crippen LogP contribution < -0.4 is 5.32 Å². The third-order valence-electron chi connectivity index (χ3n) is 2.96. The highest BCUT2D eigenvalue weighted by Crippen LogP contribution is 2.19. The number of hydrogen-bond acceptors (Lipinski definition) is 5. The molecule has 1 aromatic rings. The Morgan fingerprint density at radius 2 is 2.09 bits per heavy atom. The fraction of sp³-hybridized carbons (Fsp3) is 0.643. The van der Waals surface area contributed by atoms with E-state index in [1.54, 1.807) is 11.4 Å². The van der Waals surface area contributed by atoms with Gasteiger partial charge in [0.25, 0.3) is 10.0 Å². The number of nitrogens with zero attached hydrogens (tertiary/aromatic N) is 1.